The lowest BCUT2D eigenvalue weighted by Gasteiger charge is -2.19. The maximum Gasteiger partial charge on any atom is 0.407 e. The molecule has 0 heterocycles. The number of benzene rings is 1. The molecule has 0 radical (unpaired) electrons. The first-order chi connectivity index (χ1) is 10.8. The fraction of sp³-hybridized carbons (Fsp3) is 0.500. The number of carbonyl (C=O) groups is 1. The highest BCUT2D eigenvalue weighted by atomic mass is 79.9. The number of rotatable bonds is 5. The van der Waals surface area contributed by atoms with Gasteiger partial charge in [-0.25, -0.2) is 4.79 Å². The number of carbonyl (C=O) groups excluding carboxylic acids is 1. The minimum atomic E-state index is -0.486. The predicted octanol–water partition coefficient (Wildman–Crippen LogP) is 2.64. The summed E-state index contributed by atoms with van der Waals surface area (Å²) in [5.41, 5.74) is 0.669. The van der Waals surface area contributed by atoms with E-state index in [0.717, 1.165) is 10.0 Å². The Labute approximate surface area is 146 Å². The zero-order chi connectivity index (χ0) is 17.3. The van der Waals surface area contributed by atoms with Crippen LogP contribution < -0.4 is 16.0 Å². The Bertz CT molecular complexity index is 524. The van der Waals surface area contributed by atoms with Crippen LogP contribution in [0.25, 0.3) is 0 Å². The molecule has 0 bridgehead atoms. The van der Waals surface area contributed by atoms with Gasteiger partial charge in [0.25, 0.3) is 0 Å². The van der Waals surface area contributed by atoms with Gasteiger partial charge >= 0.3 is 6.09 Å². The van der Waals surface area contributed by atoms with Crippen molar-refractivity contribution in [2.24, 2.45) is 4.99 Å². The van der Waals surface area contributed by atoms with Gasteiger partial charge in [-0.3, -0.25) is 4.99 Å². The summed E-state index contributed by atoms with van der Waals surface area (Å²) >= 11 is 3.41. The maximum absolute atomic E-state index is 11.5. The van der Waals surface area contributed by atoms with Crippen molar-refractivity contribution in [2.45, 2.75) is 32.9 Å². The average Bonchev–Trinajstić information content (AvgIpc) is 2.46. The van der Waals surface area contributed by atoms with Crippen molar-refractivity contribution in [1.29, 1.82) is 0 Å². The van der Waals surface area contributed by atoms with Gasteiger partial charge in [-0.15, -0.1) is 0 Å². The lowest BCUT2D eigenvalue weighted by molar-refractivity contribution is 0.0529. The van der Waals surface area contributed by atoms with Crippen molar-refractivity contribution < 1.29 is 9.53 Å². The predicted molar refractivity (Wildman–Crippen MR) is 96.6 cm³/mol. The van der Waals surface area contributed by atoms with Gasteiger partial charge in [-0.05, 0) is 38.5 Å². The normalized spacial score (nSPS) is 11.8. The van der Waals surface area contributed by atoms with Gasteiger partial charge in [0.2, 0.25) is 0 Å². The highest BCUT2D eigenvalue weighted by molar-refractivity contribution is 9.10. The minimum Gasteiger partial charge on any atom is -0.444 e. The highest BCUT2D eigenvalue weighted by Gasteiger charge is 2.15. The van der Waals surface area contributed by atoms with E-state index in [1.807, 2.05) is 45.0 Å². The molecule has 0 aromatic heterocycles. The van der Waals surface area contributed by atoms with Gasteiger partial charge in [0.15, 0.2) is 5.96 Å². The second kappa shape index (κ2) is 9.39. The number of alkyl carbamates (subject to hydrolysis) is 1. The Balaban J connectivity index is 2.24. The summed E-state index contributed by atoms with van der Waals surface area (Å²) in [4.78, 5) is 15.6. The van der Waals surface area contributed by atoms with E-state index in [2.05, 4.69) is 36.9 Å². The van der Waals surface area contributed by atoms with Crippen molar-refractivity contribution in [3.63, 3.8) is 0 Å². The van der Waals surface area contributed by atoms with E-state index < -0.39 is 11.7 Å². The molecule has 1 aromatic carbocycles. The summed E-state index contributed by atoms with van der Waals surface area (Å²) in [6.07, 6.45) is -0.419. The van der Waals surface area contributed by atoms with Crippen molar-refractivity contribution in [3.05, 3.63) is 34.3 Å². The van der Waals surface area contributed by atoms with Crippen LogP contribution in [0.1, 0.15) is 26.3 Å². The second-order valence-electron chi connectivity index (χ2n) is 5.91. The van der Waals surface area contributed by atoms with Crippen molar-refractivity contribution >= 4 is 28.0 Å². The van der Waals surface area contributed by atoms with Gasteiger partial charge in [-0.1, -0.05) is 28.1 Å². The zero-order valence-corrected chi connectivity index (χ0v) is 15.7. The number of nitrogens with one attached hydrogen (secondary N) is 3. The largest absolute Gasteiger partial charge is 0.444 e. The molecule has 0 unspecified atom stereocenters. The van der Waals surface area contributed by atoms with Crippen LogP contribution >= 0.6 is 15.9 Å². The number of halogens is 1. The molecule has 3 N–H and O–H groups in total. The second-order valence-corrected chi connectivity index (χ2v) is 6.82. The van der Waals surface area contributed by atoms with Crippen LogP contribution in [0.3, 0.4) is 0 Å². The standard InChI is InChI=1S/C16H25BrN4O2/c1-16(2,3)23-15(22)20-10-9-19-14(18-4)21-11-12-5-7-13(17)8-6-12/h5-8H,9-11H2,1-4H3,(H,20,22)(H2,18,19,21). The number of amides is 1. The van der Waals surface area contributed by atoms with Crippen LogP contribution in [0.2, 0.25) is 0 Å². The molecule has 0 spiro atoms. The van der Waals surface area contributed by atoms with Crippen LogP contribution in [0.15, 0.2) is 33.7 Å². The number of nitrogens with zero attached hydrogens (tertiary/aromatic N) is 1. The summed E-state index contributed by atoms with van der Waals surface area (Å²) in [7, 11) is 1.71. The van der Waals surface area contributed by atoms with Crippen molar-refractivity contribution in [1.82, 2.24) is 16.0 Å². The molecular weight excluding hydrogens is 360 g/mol. The molecule has 0 aliphatic heterocycles. The molecule has 0 saturated carbocycles. The van der Waals surface area contributed by atoms with E-state index in [-0.39, 0.29) is 0 Å². The van der Waals surface area contributed by atoms with E-state index in [4.69, 9.17) is 4.74 Å². The molecule has 0 aliphatic rings. The minimum absolute atomic E-state index is 0.419. The quantitative estimate of drug-likeness (QED) is 0.414. The monoisotopic (exact) mass is 384 g/mol. The molecule has 128 valence electrons. The van der Waals surface area contributed by atoms with Crippen LogP contribution in [0, 0.1) is 0 Å². The lowest BCUT2D eigenvalue weighted by Crippen LogP contribution is -2.42. The van der Waals surface area contributed by atoms with E-state index in [1.54, 1.807) is 7.05 Å². The van der Waals surface area contributed by atoms with Crippen LogP contribution in [-0.4, -0.2) is 37.8 Å². The van der Waals surface area contributed by atoms with E-state index in [9.17, 15) is 4.79 Å². The molecule has 1 amide bonds. The van der Waals surface area contributed by atoms with E-state index in [0.29, 0.717) is 25.6 Å². The number of hydrogen-bond acceptors (Lipinski definition) is 3. The number of ether oxygens (including phenoxy) is 1. The first-order valence-electron chi connectivity index (χ1n) is 7.46. The van der Waals surface area contributed by atoms with Crippen molar-refractivity contribution in [3.8, 4) is 0 Å². The summed E-state index contributed by atoms with van der Waals surface area (Å²) in [6.45, 7) is 7.18. The Hall–Kier alpha value is -1.76. The fourth-order valence-corrected chi connectivity index (χ4v) is 1.93. The van der Waals surface area contributed by atoms with Gasteiger partial charge in [0, 0.05) is 31.2 Å². The third-order valence-corrected chi connectivity index (χ3v) is 3.21. The van der Waals surface area contributed by atoms with Crippen LogP contribution in [0.5, 0.6) is 0 Å². The molecule has 0 aliphatic carbocycles. The van der Waals surface area contributed by atoms with Crippen LogP contribution in [0.4, 0.5) is 4.79 Å². The number of aliphatic imine (C=N–C) groups is 1. The molecular formula is C16H25BrN4O2. The first kappa shape index (κ1) is 19.3. The smallest absolute Gasteiger partial charge is 0.407 e. The molecule has 7 heteroatoms. The van der Waals surface area contributed by atoms with Gasteiger partial charge in [0.1, 0.15) is 5.60 Å². The zero-order valence-electron chi connectivity index (χ0n) is 14.1. The molecule has 6 nitrogen and oxygen atoms in total. The molecule has 1 aromatic rings. The number of hydrogen-bond donors (Lipinski definition) is 3. The van der Waals surface area contributed by atoms with E-state index in [1.165, 1.54) is 0 Å². The molecule has 1 rings (SSSR count). The van der Waals surface area contributed by atoms with Crippen molar-refractivity contribution in [2.75, 3.05) is 20.1 Å². The molecule has 0 atom stereocenters. The Kier molecular flexibility index (Phi) is 7.88. The first-order valence-corrected chi connectivity index (χ1v) is 8.25. The van der Waals surface area contributed by atoms with E-state index >= 15 is 0 Å². The lowest BCUT2D eigenvalue weighted by atomic mass is 10.2. The summed E-state index contributed by atoms with van der Waals surface area (Å²) in [5, 5.41) is 9.03. The summed E-state index contributed by atoms with van der Waals surface area (Å²) in [6, 6.07) is 8.07. The number of guanidine groups is 1. The molecule has 0 fully saturated rings. The van der Waals surface area contributed by atoms with Gasteiger partial charge < -0.3 is 20.7 Å². The third-order valence-electron chi connectivity index (χ3n) is 2.68. The van der Waals surface area contributed by atoms with Crippen LogP contribution in [-0.2, 0) is 11.3 Å². The topological polar surface area (TPSA) is 74.8 Å². The fourth-order valence-electron chi connectivity index (χ4n) is 1.67. The SMILES string of the molecule is CN=C(NCCNC(=O)OC(C)(C)C)NCc1ccc(Br)cc1. The molecule has 23 heavy (non-hydrogen) atoms. The third kappa shape index (κ3) is 9.07. The summed E-state index contributed by atoms with van der Waals surface area (Å²) < 4.78 is 6.21. The van der Waals surface area contributed by atoms with Gasteiger partial charge in [0.05, 0.1) is 0 Å². The average molecular weight is 385 g/mol. The highest BCUT2D eigenvalue weighted by Crippen LogP contribution is 2.10. The summed E-state index contributed by atoms with van der Waals surface area (Å²) in [5.74, 6) is 0.680. The Morgan fingerprint density at radius 3 is 2.30 bits per heavy atom. The Morgan fingerprint density at radius 2 is 1.74 bits per heavy atom. The Morgan fingerprint density at radius 1 is 1.13 bits per heavy atom. The molecule has 0 saturated heterocycles. The maximum atomic E-state index is 11.5. The van der Waals surface area contributed by atoms with Gasteiger partial charge in [-0.2, -0.15) is 0 Å².